The Balaban J connectivity index is 1.82. The van der Waals surface area contributed by atoms with Gasteiger partial charge in [-0.05, 0) is 66.7 Å². The molecule has 1 aromatic heterocycles. The van der Waals surface area contributed by atoms with Crippen molar-refractivity contribution in [3.63, 3.8) is 0 Å². The Kier molecular flexibility index (Phi) is 8.81. The van der Waals surface area contributed by atoms with Gasteiger partial charge in [-0.1, -0.05) is 88.7 Å². The van der Waals surface area contributed by atoms with Gasteiger partial charge in [-0.2, -0.15) is 0 Å². The number of fused-ring (bicyclic) bond motifs is 2. The van der Waals surface area contributed by atoms with Crippen LogP contribution in [0, 0.1) is 0 Å². The Labute approximate surface area is 244 Å². The largest absolute Gasteiger partial charge is 0.475 e. The Morgan fingerprint density at radius 2 is 1.62 bits per heavy atom. The topological polar surface area (TPSA) is 54.8 Å². The first kappa shape index (κ1) is 28.2. The summed E-state index contributed by atoms with van der Waals surface area (Å²) < 4.78 is 12.5. The fourth-order valence-electron chi connectivity index (χ4n) is 5.48. The molecule has 0 aliphatic heterocycles. The van der Waals surface area contributed by atoms with Crippen molar-refractivity contribution in [1.82, 2.24) is 9.88 Å². The summed E-state index contributed by atoms with van der Waals surface area (Å²) in [6, 6.07) is 32.8. The summed E-state index contributed by atoms with van der Waals surface area (Å²) in [5.41, 5.74) is 2.26. The number of rotatable bonds is 11. The second-order valence-corrected chi connectivity index (χ2v) is 11.3. The molecule has 0 unspecified atom stereocenters. The van der Waals surface area contributed by atoms with Gasteiger partial charge in [0.1, 0.15) is 12.2 Å². The molecule has 6 heteroatoms. The minimum atomic E-state index is -1.28. The number of hydrogen-bond acceptors (Lipinski definition) is 5. The van der Waals surface area contributed by atoms with Crippen LogP contribution in [0.1, 0.15) is 29.0 Å². The zero-order chi connectivity index (χ0) is 28.1. The summed E-state index contributed by atoms with van der Waals surface area (Å²) >= 11 is 3.62. The van der Waals surface area contributed by atoms with E-state index in [0.717, 1.165) is 42.8 Å². The number of pyridine rings is 1. The number of benzene rings is 4. The Morgan fingerprint density at radius 3 is 2.40 bits per heavy atom. The fourth-order valence-corrected chi connectivity index (χ4v) is 5.86. The molecule has 5 aromatic rings. The van der Waals surface area contributed by atoms with Crippen molar-refractivity contribution in [3.8, 4) is 5.88 Å². The second kappa shape index (κ2) is 12.5. The van der Waals surface area contributed by atoms with E-state index in [1.165, 1.54) is 0 Å². The Morgan fingerprint density at radius 1 is 0.875 bits per heavy atom. The van der Waals surface area contributed by atoms with Gasteiger partial charge in [0.05, 0.1) is 12.1 Å². The van der Waals surface area contributed by atoms with E-state index in [1.807, 2.05) is 62.6 Å². The molecule has 0 aliphatic carbocycles. The Hall–Kier alpha value is -3.29. The molecule has 5 rings (SSSR count). The quantitative estimate of drug-likeness (QED) is 0.164. The highest BCUT2D eigenvalue weighted by Crippen LogP contribution is 2.49. The fraction of sp³-hybridized carbons (Fsp3) is 0.265. The molecule has 0 fully saturated rings. The molecule has 0 spiro atoms. The molecule has 0 radical (unpaired) electrons. The lowest BCUT2D eigenvalue weighted by Crippen LogP contribution is -2.38. The monoisotopic (exact) mass is 598 g/mol. The number of halogens is 1. The van der Waals surface area contributed by atoms with Gasteiger partial charge >= 0.3 is 0 Å². The molecule has 2 atom stereocenters. The molecule has 40 heavy (non-hydrogen) atoms. The van der Waals surface area contributed by atoms with Crippen LogP contribution in [-0.4, -0.2) is 56.0 Å². The van der Waals surface area contributed by atoms with E-state index >= 15 is 0 Å². The SMILES string of the molecule is COCCOc1nc2ccc(Br)cc2cc1[C@H](c1ccccc1)[C@@](O)(CCN(C)C)c1cccc2ccccc12. The zero-order valence-corrected chi connectivity index (χ0v) is 24.8. The number of aliphatic hydroxyl groups is 1. The first-order chi connectivity index (χ1) is 19.4. The minimum Gasteiger partial charge on any atom is -0.475 e. The maximum Gasteiger partial charge on any atom is 0.217 e. The van der Waals surface area contributed by atoms with Gasteiger partial charge in [-0.3, -0.25) is 0 Å². The summed E-state index contributed by atoms with van der Waals surface area (Å²) in [6.45, 7) is 1.48. The average molecular weight is 600 g/mol. The third-order valence-corrected chi connectivity index (χ3v) is 7.91. The van der Waals surface area contributed by atoms with E-state index in [2.05, 4.69) is 69.4 Å². The van der Waals surface area contributed by atoms with Crippen LogP contribution in [0.2, 0.25) is 0 Å². The smallest absolute Gasteiger partial charge is 0.217 e. The number of nitrogens with zero attached hydrogens (tertiary/aromatic N) is 2. The van der Waals surface area contributed by atoms with Crippen molar-refractivity contribution >= 4 is 37.6 Å². The molecule has 0 saturated heterocycles. The molecule has 0 bridgehead atoms. The maximum absolute atomic E-state index is 13.2. The number of hydrogen-bond donors (Lipinski definition) is 1. The van der Waals surface area contributed by atoms with Gasteiger partial charge in [-0.15, -0.1) is 0 Å². The van der Waals surface area contributed by atoms with Crippen LogP contribution in [0.3, 0.4) is 0 Å². The molecular weight excluding hydrogens is 564 g/mol. The van der Waals surface area contributed by atoms with Crippen molar-refractivity contribution < 1.29 is 14.6 Å². The van der Waals surface area contributed by atoms with E-state index in [-0.39, 0.29) is 0 Å². The van der Waals surface area contributed by atoms with Gasteiger partial charge in [0.2, 0.25) is 5.88 Å². The maximum atomic E-state index is 13.2. The molecule has 1 heterocycles. The highest BCUT2D eigenvalue weighted by Gasteiger charge is 2.43. The van der Waals surface area contributed by atoms with Gasteiger partial charge in [0.25, 0.3) is 0 Å². The summed E-state index contributed by atoms with van der Waals surface area (Å²) in [7, 11) is 5.73. The van der Waals surface area contributed by atoms with Crippen molar-refractivity contribution in [2.24, 2.45) is 0 Å². The summed E-state index contributed by atoms with van der Waals surface area (Å²) in [6.07, 6.45) is 0.502. The van der Waals surface area contributed by atoms with Crippen molar-refractivity contribution in [2.45, 2.75) is 17.9 Å². The molecule has 0 saturated carbocycles. The van der Waals surface area contributed by atoms with Crippen LogP contribution in [-0.2, 0) is 10.3 Å². The molecule has 1 N–H and O–H groups in total. The van der Waals surface area contributed by atoms with E-state index in [1.54, 1.807) is 7.11 Å². The van der Waals surface area contributed by atoms with Crippen LogP contribution in [0.5, 0.6) is 5.88 Å². The summed E-state index contributed by atoms with van der Waals surface area (Å²) in [4.78, 5) is 7.09. The first-order valence-electron chi connectivity index (χ1n) is 13.5. The molecule has 5 nitrogen and oxygen atoms in total. The highest BCUT2D eigenvalue weighted by atomic mass is 79.9. The van der Waals surface area contributed by atoms with E-state index in [4.69, 9.17) is 14.5 Å². The number of methoxy groups -OCH3 is 1. The second-order valence-electron chi connectivity index (χ2n) is 10.4. The minimum absolute atomic E-state index is 0.352. The van der Waals surface area contributed by atoms with Crippen molar-refractivity contribution in [3.05, 3.63) is 118 Å². The molecule has 0 aliphatic rings. The lowest BCUT2D eigenvalue weighted by Gasteiger charge is -2.39. The van der Waals surface area contributed by atoms with Crippen LogP contribution < -0.4 is 4.74 Å². The van der Waals surface area contributed by atoms with Crippen LogP contribution in [0.25, 0.3) is 21.7 Å². The predicted octanol–water partition coefficient (Wildman–Crippen LogP) is 7.15. The third-order valence-electron chi connectivity index (χ3n) is 7.41. The standard InChI is InChI=1S/C34H35BrN2O3/c1-37(2)19-18-34(38,30-15-9-13-24-10-7-8-14-28(24)30)32(25-11-5-4-6-12-25)29-23-26-22-27(35)16-17-31(26)36-33(29)40-21-20-39-3/h4-17,22-23,32,38H,18-21H2,1-3H3/t32-,34+/m0/s1. The van der Waals surface area contributed by atoms with Gasteiger partial charge < -0.3 is 19.5 Å². The zero-order valence-electron chi connectivity index (χ0n) is 23.2. The normalized spacial score (nSPS) is 13.9. The van der Waals surface area contributed by atoms with Gasteiger partial charge in [0, 0.05) is 35.0 Å². The lowest BCUT2D eigenvalue weighted by molar-refractivity contribution is 0.00489. The van der Waals surface area contributed by atoms with Crippen LogP contribution in [0.15, 0.2) is 102 Å². The Bertz CT molecular complexity index is 1590. The molecule has 0 amide bonds. The molecule has 206 valence electrons. The third kappa shape index (κ3) is 5.91. The van der Waals surface area contributed by atoms with Crippen LogP contribution >= 0.6 is 15.9 Å². The number of aromatic nitrogens is 1. The highest BCUT2D eigenvalue weighted by molar-refractivity contribution is 9.10. The lowest BCUT2D eigenvalue weighted by atomic mass is 9.70. The van der Waals surface area contributed by atoms with Crippen molar-refractivity contribution in [2.75, 3.05) is 41.0 Å². The summed E-state index contributed by atoms with van der Waals surface area (Å²) in [5, 5.41) is 16.3. The van der Waals surface area contributed by atoms with Gasteiger partial charge in [-0.25, -0.2) is 4.98 Å². The molecule has 4 aromatic carbocycles. The van der Waals surface area contributed by atoms with Gasteiger partial charge in [0.15, 0.2) is 0 Å². The van der Waals surface area contributed by atoms with Crippen molar-refractivity contribution in [1.29, 1.82) is 0 Å². The summed E-state index contributed by atoms with van der Waals surface area (Å²) in [5.74, 6) is 0.0390. The van der Waals surface area contributed by atoms with Crippen LogP contribution in [0.4, 0.5) is 0 Å². The van der Waals surface area contributed by atoms with E-state index < -0.39 is 11.5 Å². The average Bonchev–Trinajstić information content (AvgIpc) is 2.97. The van der Waals surface area contributed by atoms with E-state index in [9.17, 15) is 5.11 Å². The van der Waals surface area contributed by atoms with E-state index in [0.29, 0.717) is 32.1 Å². The number of ether oxygens (including phenoxy) is 2. The predicted molar refractivity (Wildman–Crippen MR) is 166 cm³/mol. The molecular formula is C34H35BrN2O3. The first-order valence-corrected chi connectivity index (χ1v) is 14.3.